The maximum atomic E-state index is 13.0. The van der Waals surface area contributed by atoms with Crippen LogP contribution < -0.4 is 5.32 Å². The normalized spacial score (nSPS) is 16.6. The fraction of sp³-hybridized carbons (Fsp3) is 0.409. The van der Waals surface area contributed by atoms with Crippen molar-refractivity contribution in [3.8, 4) is 0 Å². The average Bonchev–Trinajstić information content (AvgIpc) is 2.69. The molecule has 2 aromatic carbocycles. The first-order valence-corrected chi connectivity index (χ1v) is 11.3. The molecule has 1 aliphatic carbocycles. The van der Waals surface area contributed by atoms with Crippen molar-refractivity contribution in [1.82, 2.24) is 9.62 Å². The fourth-order valence-corrected chi connectivity index (χ4v) is 5.34. The molecule has 0 aromatic heterocycles. The highest BCUT2D eigenvalue weighted by Crippen LogP contribution is 2.30. The van der Waals surface area contributed by atoms with Crippen LogP contribution in [0.2, 0.25) is 0 Å². The Bertz CT molecular complexity index is 965. The van der Waals surface area contributed by atoms with E-state index >= 15 is 0 Å². The number of carbonyl (C=O) groups is 1. The molecule has 6 heteroatoms. The topological polar surface area (TPSA) is 66.5 Å². The Hall–Kier alpha value is -2.18. The summed E-state index contributed by atoms with van der Waals surface area (Å²) in [6, 6.07) is 12.9. The van der Waals surface area contributed by atoms with Crippen molar-refractivity contribution in [3.63, 3.8) is 0 Å². The van der Waals surface area contributed by atoms with Crippen LogP contribution >= 0.6 is 0 Å². The Morgan fingerprint density at radius 1 is 1.14 bits per heavy atom. The zero-order valence-electron chi connectivity index (χ0n) is 16.7. The summed E-state index contributed by atoms with van der Waals surface area (Å²) in [4.78, 5) is 13.2. The van der Waals surface area contributed by atoms with E-state index in [1.165, 1.54) is 15.9 Å². The Morgan fingerprint density at radius 2 is 1.86 bits per heavy atom. The van der Waals surface area contributed by atoms with Crippen molar-refractivity contribution in [2.75, 3.05) is 13.1 Å². The molecular weight excluding hydrogens is 372 g/mol. The summed E-state index contributed by atoms with van der Waals surface area (Å²) in [6.45, 7) is 6.24. The highest BCUT2D eigenvalue weighted by atomic mass is 32.2. The first-order chi connectivity index (χ1) is 13.4. The van der Waals surface area contributed by atoms with Gasteiger partial charge in [-0.05, 0) is 55.0 Å². The molecule has 5 nitrogen and oxygen atoms in total. The molecule has 1 N–H and O–H groups in total. The number of nitrogens with zero attached hydrogens (tertiary/aromatic N) is 1. The monoisotopic (exact) mass is 400 g/mol. The van der Waals surface area contributed by atoms with Crippen LogP contribution in [0.5, 0.6) is 0 Å². The van der Waals surface area contributed by atoms with E-state index in [4.69, 9.17) is 0 Å². The molecule has 28 heavy (non-hydrogen) atoms. The van der Waals surface area contributed by atoms with E-state index in [1.807, 2.05) is 32.9 Å². The predicted octanol–water partition coefficient (Wildman–Crippen LogP) is 3.83. The summed E-state index contributed by atoms with van der Waals surface area (Å²) < 4.78 is 27.1. The molecule has 0 spiro atoms. The smallest absolute Gasteiger partial charge is 0.252 e. The second-order valence-corrected chi connectivity index (χ2v) is 9.12. The van der Waals surface area contributed by atoms with Crippen LogP contribution in [0.15, 0.2) is 47.4 Å². The van der Waals surface area contributed by atoms with Gasteiger partial charge in [0.15, 0.2) is 0 Å². The van der Waals surface area contributed by atoms with Crippen molar-refractivity contribution < 1.29 is 13.2 Å². The highest BCUT2D eigenvalue weighted by Gasteiger charge is 2.25. The summed E-state index contributed by atoms with van der Waals surface area (Å²) in [6.07, 6.45) is 2.94. The third-order valence-corrected chi connectivity index (χ3v) is 7.52. The molecular formula is C22H28N2O3S. The number of rotatable bonds is 6. The molecule has 1 amide bonds. The Morgan fingerprint density at radius 3 is 2.57 bits per heavy atom. The first kappa shape index (κ1) is 20.6. The van der Waals surface area contributed by atoms with Crippen molar-refractivity contribution >= 4 is 15.9 Å². The second kappa shape index (κ2) is 8.45. The number of amides is 1. The largest absolute Gasteiger partial charge is 0.345 e. The standard InChI is InChI=1S/C22H28N2O3S/c1-4-24(5-2)28(26,27)18-14-13-16(3)20(15-18)22(25)23-21-12-8-10-17-9-6-7-11-19(17)21/h6-7,9,11,13-15,21H,4-5,8,10,12H2,1-3H3,(H,23,25). The van der Waals surface area contributed by atoms with Crippen LogP contribution in [0.1, 0.15) is 59.8 Å². The Kier molecular flexibility index (Phi) is 6.20. The van der Waals surface area contributed by atoms with E-state index < -0.39 is 10.0 Å². The van der Waals surface area contributed by atoms with E-state index in [0.29, 0.717) is 18.7 Å². The molecule has 0 bridgehead atoms. The first-order valence-electron chi connectivity index (χ1n) is 9.88. The van der Waals surface area contributed by atoms with Crippen LogP contribution in [0.4, 0.5) is 0 Å². The number of fused-ring (bicyclic) bond motifs is 1. The van der Waals surface area contributed by atoms with Gasteiger partial charge in [0.2, 0.25) is 10.0 Å². The van der Waals surface area contributed by atoms with Gasteiger partial charge in [0.25, 0.3) is 5.91 Å². The molecule has 0 saturated carbocycles. The SMILES string of the molecule is CCN(CC)S(=O)(=O)c1ccc(C)c(C(=O)NC2CCCc3ccccc32)c1. The van der Waals surface area contributed by atoms with E-state index in [-0.39, 0.29) is 16.8 Å². The van der Waals surface area contributed by atoms with Crippen LogP contribution in [0.3, 0.4) is 0 Å². The zero-order chi connectivity index (χ0) is 20.3. The maximum Gasteiger partial charge on any atom is 0.252 e. The van der Waals surface area contributed by atoms with Gasteiger partial charge in [0, 0.05) is 18.7 Å². The van der Waals surface area contributed by atoms with Crippen molar-refractivity contribution in [1.29, 1.82) is 0 Å². The van der Waals surface area contributed by atoms with E-state index in [9.17, 15) is 13.2 Å². The molecule has 150 valence electrons. The lowest BCUT2D eigenvalue weighted by Crippen LogP contribution is -2.32. The third kappa shape index (κ3) is 3.98. The fourth-order valence-electron chi connectivity index (χ4n) is 3.86. The number of carbonyl (C=O) groups excluding carboxylic acids is 1. The van der Waals surface area contributed by atoms with Gasteiger partial charge in [-0.1, -0.05) is 44.2 Å². The molecule has 0 heterocycles. The molecule has 0 aliphatic heterocycles. The molecule has 1 aliphatic rings. The van der Waals surface area contributed by atoms with E-state index in [1.54, 1.807) is 12.1 Å². The molecule has 0 saturated heterocycles. The number of nitrogens with one attached hydrogen (secondary N) is 1. The lowest BCUT2D eigenvalue weighted by molar-refractivity contribution is 0.0932. The predicted molar refractivity (Wildman–Crippen MR) is 111 cm³/mol. The summed E-state index contributed by atoms with van der Waals surface area (Å²) in [5.74, 6) is -0.226. The number of hydrogen-bond acceptors (Lipinski definition) is 3. The molecule has 3 rings (SSSR count). The van der Waals surface area contributed by atoms with Gasteiger partial charge in [-0.3, -0.25) is 4.79 Å². The molecule has 0 radical (unpaired) electrons. The Balaban J connectivity index is 1.89. The summed E-state index contributed by atoms with van der Waals surface area (Å²) >= 11 is 0. The van der Waals surface area contributed by atoms with Crippen LogP contribution in [-0.2, 0) is 16.4 Å². The van der Waals surface area contributed by atoms with Crippen molar-refractivity contribution in [3.05, 3.63) is 64.7 Å². The minimum atomic E-state index is -3.60. The van der Waals surface area contributed by atoms with Gasteiger partial charge in [-0.25, -0.2) is 8.42 Å². The average molecular weight is 401 g/mol. The summed E-state index contributed by atoms with van der Waals surface area (Å²) in [7, 11) is -3.60. The third-order valence-electron chi connectivity index (χ3n) is 5.47. The summed E-state index contributed by atoms with van der Waals surface area (Å²) in [5, 5.41) is 3.12. The lowest BCUT2D eigenvalue weighted by atomic mass is 9.87. The molecule has 1 unspecified atom stereocenters. The van der Waals surface area contributed by atoms with E-state index in [2.05, 4.69) is 17.4 Å². The van der Waals surface area contributed by atoms with Crippen LogP contribution in [-0.4, -0.2) is 31.7 Å². The van der Waals surface area contributed by atoms with Gasteiger partial charge in [0.1, 0.15) is 0 Å². The van der Waals surface area contributed by atoms with Crippen molar-refractivity contribution in [2.45, 2.75) is 51.0 Å². The van der Waals surface area contributed by atoms with E-state index in [0.717, 1.165) is 30.4 Å². The van der Waals surface area contributed by atoms with Crippen LogP contribution in [0, 0.1) is 6.92 Å². The van der Waals surface area contributed by atoms with Gasteiger partial charge >= 0.3 is 0 Å². The molecule has 2 aromatic rings. The van der Waals surface area contributed by atoms with Crippen molar-refractivity contribution in [2.24, 2.45) is 0 Å². The highest BCUT2D eigenvalue weighted by molar-refractivity contribution is 7.89. The zero-order valence-corrected chi connectivity index (χ0v) is 17.6. The van der Waals surface area contributed by atoms with Gasteiger partial charge < -0.3 is 5.32 Å². The second-order valence-electron chi connectivity index (χ2n) is 7.18. The van der Waals surface area contributed by atoms with Gasteiger partial charge in [0.05, 0.1) is 10.9 Å². The van der Waals surface area contributed by atoms with Gasteiger partial charge in [-0.2, -0.15) is 4.31 Å². The van der Waals surface area contributed by atoms with Gasteiger partial charge in [-0.15, -0.1) is 0 Å². The number of benzene rings is 2. The number of aryl methyl sites for hydroxylation is 2. The van der Waals surface area contributed by atoms with Crippen LogP contribution in [0.25, 0.3) is 0 Å². The molecule has 0 fully saturated rings. The molecule has 1 atom stereocenters. The minimum Gasteiger partial charge on any atom is -0.345 e. The quantitative estimate of drug-likeness (QED) is 0.801. The minimum absolute atomic E-state index is 0.0418. The number of sulfonamides is 1. The summed E-state index contributed by atoms with van der Waals surface area (Å²) in [5.41, 5.74) is 3.61. The Labute approximate surface area is 167 Å². The maximum absolute atomic E-state index is 13.0. The lowest BCUT2D eigenvalue weighted by Gasteiger charge is -2.26. The number of hydrogen-bond donors (Lipinski definition) is 1.